The number of methoxy groups -OCH3 is 2. The molecule has 0 unspecified atom stereocenters. The molecular weight excluding hydrogens is 184 g/mol. The van der Waals surface area contributed by atoms with Crippen LogP contribution in [-0.2, 0) is 4.74 Å². The van der Waals surface area contributed by atoms with Crippen molar-refractivity contribution in [1.82, 2.24) is 0 Å². The fourth-order valence-corrected chi connectivity index (χ4v) is 1.01. The van der Waals surface area contributed by atoms with Gasteiger partial charge < -0.3 is 9.47 Å². The Morgan fingerprint density at radius 3 is 2.43 bits per heavy atom. The minimum Gasteiger partial charge on any atom is -0.493 e. The van der Waals surface area contributed by atoms with Crippen molar-refractivity contribution in [2.45, 2.75) is 0 Å². The Kier molecular flexibility index (Phi) is 3.23. The molecule has 1 aromatic carbocycles. The molecule has 0 heterocycles. The minimum atomic E-state index is -0.662. The summed E-state index contributed by atoms with van der Waals surface area (Å²) in [5.74, 6) is -0.542. The molecule has 4 nitrogen and oxygen atoms in total. The first kappa shape index (κ1) is 10.2. The summed E-state index contributed by atoms with van der Waals surface area (Å²) >= 11 is 0. The number of hydrogen-bond acceptors (Lipinski definition) is 4. The van der Waals surface area contributed by atoms with Crippen molar-refractivity contribution in [3.05, 3.63) is 40.1 Å². The van der Waals surface area contributed by atoms with Gasteiger partial charge in [0.25, 0.3) is 0 Å². The molecule has 0 bridgehead atoms. The summed E-state index contributed by atoms with van der Waals surface area (Å²) in [5.41, 5.74) is -0.501. The van der Waals surface area contributed by atoms with Crippen molar-refractivity contribution in [1.29, 1.82) is 0 Å². The molecule has 0 atom stereocenters. The lowest BCUT2D eigenvalue weighted by molar-refractivity contribution is 0.0599. The fraction of sp³-hybridized carbons (Fsp3) is 0.200. The van der Waals surface area contributed by atoms with Crippen LogP contribution in [0.1, 0.15) is 10.4 Å². The third kappa shape index (κ3) is 1.90. The molecule has 74 valence electrons. The van der Waals surface area contributed by atoms with Gasteiger partial charge in [0.05, 0.1) is 14.2 Å². The van der Waals surface area contributed by atoms with Crippen LogP contribution < -0.4 is 10.2 Å². The summed E-state index contributed by atoms with van der Waals surface area (Å²) in [4.78, 5) is 22.7. The van der Waals surface area contributed by atoms with Crippen molar-refractivity contribution < 1.29 is 14.3 Å². The molecule has 0 aliphatic heterocycles. The van der Waals surface area contributed by atoms with Crippen molar-refractivity contribution in [2.24, 2.45) is 0 Å². The predicted octanol–water partition coefficient (Wildman–Crippen LogP) is 0.842. The molecule has 1 aromatic rings. The van der Waals surface area contributed by atoms with E-state index in [4.69, 9.17) is 4.74 Å². The van der Waals surface area contributed by atoms with Crippen LogP contribution in [0.2, 0.25) is 0 Å². The molecule has 0 fully saturated rings. The maximum Gasteiger partial charge on any atom is 0.341 e. The first-order chi connectivity index (χ1) is 6.70. The van der Waals surface area contributed by atoms with Crippen LogP contribution in [0, 0.1) is 0 Å². The molecule has 0 saturated heterocycles. The first-order valence-corrected chi connectivity index (χ1v) is 3.96. The molecule has 4 heteroatoms. The van der Waals surface area contributed by atoms with Crippen LogP contribution in [0.25, 0.3) is 0 Å². The summed E-state index contributed by atoms with van der Waals surface area (Å²) in [5, 5.41) is 0. The topological polar surface area (TPSA) is 52.6 Å². The number of ether oxygens (including phenoxy) is 2. The van der Waals surface area contributed by atoms with Crippen LogP contribution in [0.3, 0.4) is 0 Å². The predicted molar refractivity (Wildman–Crippen MR) is 50.6 cm³/mol. The highest BCUT2D eigenvalue weighted by Crippen LogP contribution is 2.03. The highest BCUT2D eigenvalue weighted by Gasteiger charge is 2.11. The average Bonchev–Trinajstić information content (AvgIpc) is 2.39. The van der Waals surface area contributed by atoms with Gasteiger partial charge in [-0.3, -0.25) is 4.79 Å². The van der Waals surface area contributed by atoms with E-state index >= 15 is 0 Å². The minimum absolute atomic E-state index is 0.0330. The average molecular weight is 194 g/mol. The van der Waals surface area contributed by atoms with E-state index in [9.17, 15) is 9.59 Å². The molecule has 0 radical (unpaired) electrons. The molecule has 0 spiro atoms. The van der Waals surface area contributed by atoms with Gasteiger partial charge in [-0.2, -0.15) is 0 Å². The maximum atomic E-state index is 11.6. The highest BCUT2D eigenvalue weighted by atomic mass is 16.5. The zero-order valence-corrected chi connectivity index (χ0v) is 7.94. The Morgan fingerprint density at radius 2 is 1.86 bits per heavy atom. The van der Waals surface area contributed by atoms with E-state index in [0.29, 0.717) is 0 Å². The zero-order valence-electron chi connectivity index (χ0n) is 7.94. The molecule has 0 N–H and O–H groups in total. The quantitative estimate of drug-likeness (QED) is 0.655. The van der Waals surface area contributed by atoms with Crippen LogP contribution in [0.5, 0.6) is 5.75 Å². The number of carbonyl (C=O) groups is 1. The van der Waals surface area contributed by atoms with Gasteiger partial charge in [-0.05, 0) is 12.1 Å². The second kappa shape index (κ2) is 4.41. The second-order valence-electron chi connectivity index (χ2n) is 2.52. The molecule has 1 rings (SSSR count). The first-order valence-electron chi connectivity index (χ1n) is 3.96. The lowest BCUT2D eigenvalue weighted by Gasteiger charge is -1.96. The fourth-order valence-electron chi connectivity index (χ4n) is 1.01. The van der Waals surface area contributed by atoms with Crippen molar-refractivity contribution in [2.75, 3.05) is 14.2 Å². The van der Waals surface area contributed by atoms with Gasteiger partial charge in [0.2, 0.25) is 5.43 Å². The second-order valence-corrected chi connectivity index (χ2v) is 2.52. The summed E-state index contributed by atoms with van der Waals surface area (Å²) in [6, 6.07) is 6.09. The van der Waals surface area contributed by atoms with Crippen LogP contribution in [-0.4, -0.2) is 20.2 Å². The van der Waals surface area contributed by atoms with Crippen molar-refractivity contribution >= 4 is 5.97 Å². The summed E-state index contributed by atoms with van der Waals surface area (Å²) < 4.78 is 9.28. The number of esters is 1. The molecule has 0 amide bonds. The Bertz CT molecular complexity index is 398. The Hall–Kier alpha value is -1.84. The number of rotatable bonds is 2. The monoisotopic (exact) mass is 194 g/mol. The standard InChI is InChI=1S/C10H10O4/c1-13-8-6-4-3-5-7(9(8)11)10(12)14-2/h3-6H,1-2H3. The van der Waals surface area contributed by atoms with Crippen LogP contribution >= 0.6 is 0 Å². The Balaban J connectivity index is 3.40. The van der Waals surface area contributed by atoms with E-state index in [1.54, 1.807) is 12.1 Å². The Morgan fingerprint density at radius 1 is 1.21 bits per heavy atom. The van der Waals surface area contributed by atoms with E-state index < -0.39 is 11.4 Å². The maximum absolute atomic E-state index is 11.6. The van der Waals surface area contributed by atoms with E-state index in [1.165, 1.54) is 26.4 Å². The molecule has 14 heavy (non-hydrogen) atoms. The molecular formula is C10H10O4. The molecule has 0 aliphatic carbocycles. The smallest absolute Gasteiger partial charge is 0.341 e. The zero-order chi connectivity index (χ0) is 10.6. The van der Waals surface area contributed by atoms with Crippen molar-refractivity contribution in [3.8, 4) is 5.75 Å². The van der Waals surface area contributed by atoms with Crippen molar-refractivity contribution in [3.63, 3.8) is 0 Å². The summed E-state index contributed by atoms with van der Waals surface area (Å²) in [6.07, 6.45) is 0. The van der Waals surface area contributed by atoms with E-state index in [-0.39, 0.29) is 11.3 Å². The largest absolute Gasteiger partial charge is 0.493 e. The van der Waals surface area contributed by atoms with E-state index in [2.05, 4.69) is 4.74 Å². The molecule has 0 saturated carbocycles. The lowest BCUT2D eigenvalue weighted by atomic mass is 10.3. The lowest BCUT2D eigenvalue weighted by Crippen LogP contribution is -2.15. The normalized spacial score (nSPS) is 9.29. The van der Waals surface area contributed by atoms with Gasteiger partial charge in [0, 0.05) is 0 Å². The van der Waals surface area contributed by atoms with Crippen LogP contribution in [0.15, 0.2) is 29.1 Å². The molecule has 0 aliphatic rings. The van der Waals surface area contributed by atoms with E-state index in [0.717, 1.165) is 0 Å². The SMILES string of the molecule is COC(=O)c1ccccc(OC)c1=O. The Labute approximate surface area is 81.1 Å². The van der Waals surface area contributed by atoms with Gasteiger partial charge in [0.1, 0.15) is 5.56 Å². The van der Waals surface area contributed by atoms with Crippen LogP contribution in [0.4, 0.5) is 0 Å². The van der Waals surface area contributed by atoms with Gasteiger partial charge in [-0.15, -0.1) is 0 Å². The van der Waals surface area contributed by atoms with E-state index in [1.807, 2.05) is 0 Å². The van der Waals surface area contributed by atoms with Gasteiger partial charge >= 0.3 is 5.97 Å². The third-order valence-electron chi connectivity index (χ3n) is 1.72. The third-order valence-corrected chi connectivity index (χ3v) is 1.72. The highest BCUT2D eigenvalue weighted by molar-refractivity contribution is 5.89. The number of hydrogen-bond donors (Lipinski definition) is 0. The van der Waals surface area contributed by atoms with Gasteiger partial charge in [-0.25, -0.2) is 4.79 Å². The van der Waals surface area contributed by atoms with Gasteiger partial charge in [-0.1, -0.05) is 12.1 Å². The van der Waals surface area contributed by atoms with Gasteiger partial charge in [0.15, 0.2) is 5.75 Å². The number of carbonyl (C=O) groups excluding carboxylic acids is 1. The summed E-state index contributed by atoms with van der Waals surface area (Å²) in [7, 11) is 2.60. The molecule has 0 aromatic heterocycles. The summed E-state index contributed by atoms with van der Waals surface area (Å²) in [6.45, 7) is 0.